The SMILES string of the molecule is C=Cc1ccc(C(=O)NC(CCC)C(=O)C2CNC3C(=O)COC23)cc1. The number of benzene rings is 1. The average molecular weight is 356 g/mol. The fraction of sp³-hybridized carbons (Fsp3) is 0.450. The third-order valence-electron chi connectivity index (χ3n) is 5.05. The van der Waals surface area contributed by atoms with Gasteiger partial charge in [0.2, 0.25) is 0 Å². The number of hydrogen-bond acceptors (Lipinski definition) is 5. The predicted octanol–water partition coefficient (Wildman–Crippen LogP) is 1.35. The van der Waals surface area contributed by atoms with Crippen molar-refractivity contribution in [2.75, 3.05) is 13.2 Å². The highest BCUT2D eigenvalue weighted by Gasteiger charge is 2.49. The van der Waals surface area contributed by atoms with Gasteiger partial charge in [0.05, 0.1) is 24.1 Å². The molecule has 4 unspecified atom stereocenters. The summed E-state index contributed by atoms with van der Waals surface area (Å²) in [5.41, 5.74) is 1.42. The molecule has 26 heavy (non-hydrogen) atoms. The molecule has 1 amide bonds. The van der Waals surface area contributed by atoms with Gasteiger partial charge in [-0.25, -0.2) is 0 Å². The van der Waals surface area contributed by atoms with E-state index < -0.39 is 24.1 Å². The van der Waals surface area contributed by atoms with E-state index in [-0.39, 0.29) is 24.1 Å². The second-order valence-corrected chi connectivity index (χ2v) is 6.78. The minimum atomic E-state index is -0.587. The first-order chi connectivity index (χ1) is 12.5. The van der Waals surface area contributed by atoms with Crippen molar-refractivity contribution in [2.24, 2.45) is 5.92 Å². The Morgan fingerprint density at radius 1 is 1.38 bits per heavy atom. The van der Waals surface area contributed by atoms with Gasteiger partial charge in [-0.05, 0) is 24.1 Å². The molecule has 138 valence electrons. The van der Waals surface area contributed by atoms with Crippen LogP contribution in [0.2, 0.25) is 0 Å². The number of fused-ring (bicyclic) bond motifs is 1. The Morgan fingerprint density at radius 3 is 2.77 bits per heavy atom. The fourth-order valence-corrected chi connectivity index (χ4v) is 3.60. The topological polar surface area (TPSA) is 84.5 Å². The molecule has 6 nitrogen and oxygen atoms in total. The van der Waals surface area contributed by atoms with Crippen molar-refractivity contribution in [1.82, 2.24) is 10.6 Å². The van der Waals surface area contributed by atoms with Crippen molar-refractivity contribution in [3.63, 3.8) is 0 Å². The average Bonchev–Trinajstić information content (AvgIpc) is 3.24. The molecule has 2 fully saturated rings. The molecule has 1 aromatic carbocycles. The molecule has 0 saturated carbocycles. The van der Waals surface area contributed by atoms with E-state index in [1.807, 2.05) is 19.1 Å². The molecule has 0 spiro atoms. The van der Waals surface area contributed by atoms with E-state index >= 15 is 0 Å². The van der Waals surface area contributed by atoms with Crippen LogP contribution in [0.15, 0.2) is 30.8 Å². The molecule has 2 aliphatic heterocycles. The minimum Gasteiger partial charge on any atom is -0.367 e. The van der Waals surface area contributed by atoms with Gasteiger partial charge in [-0.15, -0.1) is 0 Å². The van der Waals surface area contributed by atoms with Gasteiger partial charge in [0, 0.05) is 12.1 Å². The van der Waals surface area contributed by atoms with Crippen LogP contribution in [0.1, 0.15) is 35.7 Å². The van der Waals surface area contributed by atoms with Crippen LogP contribution < -0.4 is 10.6 Å². The molecule has 4 atom stereocenters. The second-order valence-electron chi connectivity index (χ2n) is 6.78. The molecule has 1 aromatic rings. The van der Waals surface area contributed by atoms with Crippen molar-refractivity contribution in [1.29, 1.82) is 0 Å². The van der Waals surface area contributed by atoms with E-state index in [1.54, 1.807) is 18.2 Å². The Labute approximate surface area is 153 Å². The standard InChI is InChI=1S/C20H24N2O4/c1-3-5-15(22-20(25)13-8-6-12(4-2)7-9-13)18(24)14-10-21-17-16(23)11-26-19(14)17/h4,6-9,14-15,17,19,21H,2-3,5,10-11H2,1H3,(H,22,25). The highest BCUT2D eigenvalue weighted by atomic mass is 16.5. The Morgan fingerprint density at radius 2 is 2.12 bits per heavy atom. The summed E-state index contributed by atoms with van der Waals surface area (Å²) >= 11 is 0. The minimum absolute atomic E-state index is 0.0105. The summed E-state index contributed by atoms with van der Waals surface area (Å²) in [6, 6.07) is 6.06. The number of nitrogens with one attached hydrogen (secondary N) is 2. The van der Waals surface area contributed by atoms with Crippen LogP contribution in [0.4, 0.5) is 0 Å². The monoisotopic (exact) mass is 356 g/mol. The van der Waals surface area contributed by atoms with Gasteiger partial charge in [0.15, 0.2) is 11.6 Å². The Bertz CT molecular complexity index is 713. The summed E-state index contributed by atoms with van der Waals surface area (Å²) in [6.45, 7) is 6.11. The number of ether oxygens (including phenoxy) is 1. The zero-order valence-electron chi connectivity index (χ0n) is 14.9. The van der Waals surface area contributed by atoms with Gasteiger partial charge in [-0.1, -0.05) is 38.1 Å². The summed E-state index contributed by atoms with van der Waals surface area (Å²) in [5, 5.41) is 5.93. The maximum atomic E-state index is 13.0. The molecule has 0 aliphatic carbocycles. The molecule has 0 radical (unpaired) electrons. The Balaban J connectivity index is 1.69. The van der Waals surface area contributed by atoms with Crippen LogP contribution >= 0.6 is 0 Å². The Kier molecular flexibility index (Phi) is 5.64. The van der Waals surface area contributed by atoms with Gasteiger partial charge in [0.25, 0.3) is 5.91 Å². The lowest BCUT2D eigenvalue weighted by molar-refractivity contribution is -0.127. The number of amides is 1. The molecule has 2 N–H and O–H groups in total. The third-order valence-corrected chi connectivity index (χ3v) is 5.05. The summed E-state index contributed by atoms with van der Waals surface area (Å²) in [4.78, 5) is 37.3. The van der Waals surface area contributed by atoms with Crippen molar-refractivity contribution >= 4 is 23.5 Å². The first-order valence-electron chi connectivity index (χ1n) is 9.00. The highest BCUT2D eigenvalue weighted by molar-refractivity contribution is 5.99. The molecule has 0 aromatic heterocycles. The van der Waals surface area contributed by atoms with Crippen molar-refractivity contribution in [3.05, 3.63) is 42.0 Å². The van der Waals surface area contributed by atoms with Crippen LogP contribution in [-0.2, 0) is 14.3 Å². The summed E-state index contributed by atoms with van der Waals surface area (Å²) in [7, 11) is 0. The number of ketones is 2. The largest absolute Gasteiger partial charge is 0.367 e. The zero-order valence-corrected chi connectivity index (χ0v) is 14.9. The van der Waals surface area contributed by atoms with Gasteiger partial charge < -0.3 is 15.4 Å². The number of rotatable bonds is 7. The van der Waals surface area contributed by atoms with Gasteiger partial charge in [-0.3, -0.25) is 14.4 Å². The first-order valence-corrected chi connectivity index (χ1v) is 9.00. The number of hydrogen-bond donors (Lipinski definition) is 2. The molecular formula is C20H24N2O4. The zero-order chi connectivity index (χ0) is 18.7. The van der Waals surface area contributed by atoms with E-state index in [0.717, 1.165) is 12.0 Å². The van der Waals surface area contributed by atoms with Crippen LogP contribution in [0.25, 0.3) is 6.08 Å². The van der Waals surface area contributed by atoms with E-state index in [9.17, 15) is 14.4 Å². The maximum absolute atomic E-state index is 13.0. The van der Waals surface area contributed by atoms with Crippen LogP contribution in [-0.4, -0.2) is 48.8 Å². The quantitative estimate of drug-likeness (QED) is 0.770. The molecule has 6 heteroatoms. The molecule has 2 aliphatic rings. The molecule has 2 saturated heterocycles. The predicted molar refractivity (Wildman–Crippen MR) is 97.7 cm³/mol. The molecule has 3 rings (SSSR count). The number of carbonyl (C=O) groups is 3. The molecule has 0 bridgehead atoms. The van der Waals surface area contributed by atoms with Gasteiger partial charge in [0.1, 0.15) is 6.61 Å². The highest BCUT2D eigenvalue weighted by Crippen LogP contribution is 2.27. The van der Waals surface area contributed by atoms with Gasteiger partial charge in [-0.2, -0.15) is 0 Å². The van der Waals surface area contributed by atoms with Crippen LogP contribution in [0.3, 0.4) is 0 Å². The summed E-state index contributed by atoms with van der Waals surface area (Å²) in [5.74, 6) is -0.772. The van der Waals surface area contributed by atoms with Crippen LogP contribution in [0, 0.1) is 5.92 Å². The maximum Gasteiger partial charge on any atom is 0.251 e. The van der Waals surface area contributed by atoms with Crippen molar-refractivity contribution < 1.29 is 19.1 Å². The van der Waals surface area contributed by atoms with E-state index in [0.29, 0.717) is 18.5 Å². The van der Waals surface area contributed by atoms with Crippen molar-refractivity contribution in [3.8, 4) is 0 Å². The smallest absolute Gasteiger partial charge is 0.251 e. The first kappa shape index (κ1) is 18.5. The van der Waals surface area contributed by atoms with Crippen molar-refractivity contribution in [2.45, 2.75) is 38.0 Å². The normalized spacial score (nSPS) is 25.6. The molecule has 2 heterocycles. The lowest BCUT2D eigenvalue weighted by Crippen LogP contribution is -2.46. The lowest BCUT2D eigenvalue weighted by atomic mass is 9.90. The third kappa shape index (κ3) is 3.61. The summed E-state index contributed by atoms with van der Waals surface area (Å²) < 4.78 is 5.51. The fourth-order valence-electron chi connectivity index (χ4n) is 3.60. The van der Waals surface area contributed by atoms with Gasteiger partial charge >= 0.3 is 0 Å². The second kappa shape index (κ2) is 7.93. The van der Waals surface area contributed by atoms with E-state index in [2.05, 4.69) is 17.2 Å². The van der Waals surface area contributed by atoms with E-state index in [4.69, 9.17) is 4.74 Å². The van der Waals surface area contributed by atoms with E-state index in [1.165, 1.54) is 0 Å². The number of carbonyl (C=O) groups excluding carboxylic acids is 3. The Hall–Kier alpha value is -2.31. The summed E-state index contributed by atoms with van der Waals surface area (Å²) in [6.07, 6.45) is 2.60. The lowest BCUT2D eigenvalue weighted by Gasteiger charge is -2.23. The number of Topliss-reactive ketones (excluding diaryl/α,β-unsaturated/α-hetero) is 2. The van der Waals surface area contributed by atoms with Crippen LogP contribution in [0.5, 0.6) is 0 Å². The molecular weight excluding hydrogens is 332 g/mol.